The van der Waals surface area contributed by atoms with Gasteiger partial charge in [-0.25, -0.2) is 13.4 Å². The van der Waals surface area contributed by atoms with Crippen molar-refractivity contribution in [1.82, 2.24) is 4.98 Å². The number of anilines is 1. The second-order valence-corrected chi connectivity index (χ2v) is 7.02. The summed E-state index contributed by atoms with van der Waals surface area (Å²) >= 11 is 1.17. The Bertz CT molecular complexity index is 754. The summed E-state index contributed by atoms with van der Waals surface area (Å²) in [6.07, 6.45) is -0.450. The summed E-state index contributed by atoms with van der Waals surface area (Å²) in [5.41, 5.74) is 0.652. The number of carbonyl (C=O) groups is 1. The van der Waals surface area contributed by atoms with Gasteiger partial charge < -0.3 is 9.84 Å². The highest BCUT2D eigenvalue weighted by molar-refractivity contribution is 7.92. The van der Waals surface area contributed by atoms with E-state index >= 15 is 0 Å². The van der Waals surface area contributed by atoms with Crippen molar-refractivity contribution < 1.29 is 23.1 Å². The number of hydrogen-bond acceptors (Lipinski definition) is 6. The predicted octanol–water partition coefficient (Wildman–Crippen LogP) is 1.91. The molecule has 7 nitrogen and oxygen atoms in total. The van der Waals surface area contributed by atoms with Gasteiger partial charge in [-0.15, -0.1) is 0 Å². The third kappa shape index (κ3) is 4.30. The second-order valence-electron chi connectivity index (χ2n) is 4.15. The van der Waals surface area contributed by atoms with Crippen LogP contribution in [0, 0.1) is 0 Å². The van der Waals surface area contributed by atoms with Crippen LogP contribution in [0.15, 0.2) is 18.2 Å². The van der Waals surface area contributed by atoms with Crippen molar-refractivity contribution in [2.45, 2.75) is 13.3 Å². The van der Waals surface area contributed by atoms with Gasteiger partial charge >= 0.3 is 5.97 Å². The summed E-state index contributed by atoms with van der Waals surface area (Å²) in [5, 5.41) is 8.73. The van der Waals surface area contributed by atoms with Gasteiger partial charge in [-0.2, -0.15) is 0 Å². The molecule has 2 rings (SSSR count). The summed E-state index contributed by atoms with van der Waals surface area (Å²) in [7, 11) is -3.71. The minimum absolute atomic E-state index is 0.212. The van der Waals surface area contributed by atoms with Gasteiger partial charge in [0.15, 0.2) is 5.13 Å². The first-order valence-electron chi connectivity index (χ1n) is 6.15. The Morgan fingerprint density at radius 3 is 2.90 bits per heavy atom. The van der Waals surface area contributed by atoms with Gasteiger partial charge in [-0.3, -0.25) is 9.52 Å². The van der Waals surface area contributed by atoms with E-state index in [1.165, 1.54) is 11.3 Å². The lowest BCUT2D eigenvalue weighted by molar-refractivity contribution is -0.136. The van der Waals surface area contributed by atoms with E-state index in [-0.39, 0.29) is 5.13 Å². The van der Waals surface area contributed by atoms with Gasteiger partial charge in [0.1, 0.15) is 5.75 Å². The Kier molecular flexibility index (Phi) is 4.63. The highest BCUT2D eigenvalue weighted by Crippen LogP contribution is 2.29. The standard InChI is InChI=1S/C12H14N2O5S2/c1-2-19-8-3-4-9-10(7-8)20-12(13-9)14-21(17,18)6-5-11(15)16/h3-4,7H,2,5-6H2,1H3,(H,13,14)(H,15,16). The number of ether oxygens (including phenoxy) is 1. The summed E-state index contributed by atoms with van der Waals surface area (Å²) in [5.74, 6) is -0.956. The molecule has 114 valence electrons. The van der Waals surface area contributed by atoms with E-state index in [2.05, 4.69) is 9.71 Å². The molecular weight excluding hydrogens is 316 g/mol. The molecular formula is C12H14N2O5S2. The molecule has 0 saturated heterocycles. The summed E-state index contributed by atoms with van der Waals surface area (Å²) in [6.45, 7) is 2.41. The first kappa shape index (κ1) is 15.5. The maximum Gasteiger partial charge on any atom is 0.304 e. The Hall–Kier alpha value is -1.87. The number of hydrogen-bond donors (Lipinski definition) is 2. The maximum atomic E-state index is 11.7. The Morgan fingerprint density at radius 1 is 1.48 bits per heavy atom. The third-order valence-electron chi connectivity index (χ3n) is 2.50. The number of rotatable bonds is 7. The molecule has 1 aromatic carbocycles. The quantitative estimate of drug-likeness (QED) is 0.803. The van der Waals surface area contributed by atoms with E-state index in [4.69, 9.17) is 9.84 Å². The largest absolute Gasteiger partial charge is 0.494 e. The van der Waals surface area contributed by atoms with Crippen LogP contribution in [0.25, 0.3) is 10.2 Å². The normalized spacial score (nSPS) is 11.5. The van der Waals surface area contributed by atoms with E-state index in [0.29, 0.717) is 17.9 Å². The van der Waals surface area contributed by atoms with Crippen LogP contribution in [0.4, 0.5) is 5.13 Å². The van der Waals surface area contributed by atoms with Crippen LogP contribution in [0.3, 0.4) is 0 Å². The Balaban J connectivity index is 2.17. The monoisotopic (exact) mass is 330 g/mol. The molecule has 21 heavy (non-hydrogen) atoms. The van der Waals surface area contributed by atoms with Gasteiger partial charge in [0.05, 0.1) is 29.0 Å². The van der Waals surface area contributed by atoms with Gasteiger partial charge in [-0.05, 0) is 25.1 Å². The first-order valence-corrected chi connectivity index (χ1v) is 8.62. The number of carboxylic acid groups (broad SMARTS) is 1. The highest BCUT2D eigenvalue weighted by atomic mass is 32.2. The minimum Gasteiger partial charge on any atom is -0.494 e. The van der Waals surface area contributed by atoms with Crippen molar-refractivity contribution in [3.05, 3.63) is 18.2 Å². The van der Waals surface area contributed by atoms with Crippen molar-refractivity contribution in [3.63, 3.8) is 0 Å². The van der Waals surface area contributed by atoms with E-state index in [1.54, 1.807) is 18.2 Å². The molecule has 0 aliphatic rings. The van der Waals surface area contributed by atoms with Gasteiger partial charge in [0, 0.05) is 0 Å². The zero-order chi connectivity index (χ0) is 15.5. The van der Waals surface area contributed by atoms with Gasteiger partial charge in [0.25, 0.3) is 0 Å². The summed E-state index contributed by atoms with van der Waals surface area (Å²) in [4.78, 5) is 14.6. The highest BCUT2D eigenvalue weighted by Gasteiger charge is 2.15. The van der Waals surface area contributed by atoms with Crippen LogP contribution in [0.5, 0.6) is 5.75 Å². The molecule has 0 atom stereocenters. The predicted molar refractivity (Wildman–Crippen MR) is 80.5 cm³/mol. The molecule has 0 unspecified atom stereocenters. The number of thiazole rings is 1. The van der Waals surface area contributed by atoms with Crippen molar-refractivity contribution in [1.29, 1.82) is 0 Å². The fourth-order valence-electron chi connectivity index (χ4n) is 1.61. The number of benzene rings is 1. The Labute approximate surface area is 125 Å². The topological polar surface area (TPSA) is 106 Å². The number of fused-ring (bicyclic) bond motifs is 1. The average molecular weight is 330 g/mol. The fourth-order valence-corrected chi connectivity index (χ4v) is 3.76. The Morgan fingerprint density at radius 2 is 2.24 bits per heavy atom. The van der Waals surface area contributed by atoms with Gasteiger partial charge in [-0.1, -0.05) is 11.3 Å². The van der Waals surface area contributed by atoms with Crippen molar-refractivity contribution >= 4 is 42.7 Å². The molecule has 1 aromatic heterocycles. The number of nitrogens with one attached hydrogen (secondary N) is 1. The molecule has 9 heteroatoms. The SMILES string of the molecule is CCOc1ccc2nc(NS(=O)(=O)CCC(=O)O)sc2c1. The van der Waals surface area contributed by atoms with Crippen molar-refractivity contribution in [2.75, 3.05) is 17.1 Å². The summed E-state index contributed by atoms with van der Waals surface area (Å²) in [6, 6.07) is 5.28. The molecule has 2 aromatic rings. The molecule has 0 radical (unpaired) electrons. The van der Waals surface area contributed by atoms with Crippen LogP contribution < -0.4 is 9.46 Å². The minimum atomic E-state index is -3.71. The number of sulfonamides is 1. The fraction of sp³-hybridized carbons (Fsp3) is 0.333. The molecule has 2 N–H and O–H groups in total. The second kappa shape index (κ2) is 6.27. The number of aromatic nitrogens is 1. The summed E-state index contributed by atoms with van der Waals surface area (Å²) < 4.78 is 31.9. The van der Waals surface area contributed by atoms with Crippen molar-refractivity contribution in [2.24, 2.45) is 0 Å². The zero-order valence-corrected chi connectivity index (χ0v) is 12.8. The van der Waals surface area contributed by atoms with E-state index in [9.17, 15) is 13.2 Å². The molecule has 0 aliphatic heterocycles. The van der Waals surface area contributed by atoms with Crippen LogP contribution >= 0.6 is 11.3 Å². The first-order chi connectivity index (χ1) is 9.89. The van der Waals surface area contributed by atoms with E-state index in [0.717, 1.165) is 4.70 Å². The lowest BCUT2D eigenvalue weighted by Gasteiger charge is -2.02. The molecule has 0 aliphatic carbocycles. The lowest BCUT2D eigenvalue weighted by Crippen LogP contribution is -2.18. The van der Waals surface area contributed by atoms with Crippen LogP contribution in [-0.2, 0) is 14.8 Å². The smallest absolute Gasteiger partial charge is 0.304 e. The number of nitrogens with zero attached hydrogens (tertiary/aromatic N) is 1. The molecule has 0 bridgehead atoms. The van der Waals surface area contributed by atoms with Crippen LogP contribution in [-0.4, -0.2) is 36.8 Å². The van der Waals surface area contributed by atoms with Crippen LogP contribution in [0.1, 0.15) is 13.3 Å². The van der Waals surface area contributed by atoms with E-state index in [1.807, 2.05) is 6.92 Å². The lowest BCUT2D eigenvalue weighted by atomic mass is 10.3. The average Bonchev–Trinajstić information content (AvgIpc) is 2.77. The molecule has 0 fully saturated rings. The number of carboxylic acids is 1. The van der Waals surface area contributed by atoms with Crippen molar-refractivity contribution in [3.8, 4) is 5.75 Å². The number of aliphatic carboxylic acids is 1. The molecule has 0 spiro atoms. The zero-order valence-electron chi connectivity index (χ0n) is 11.2. The maximum absolute atomic E-state index is 11.7. The van der Waals surface area contributed by atoms with Gasteiger partial charge in [0.2, 0.25) is 10.0 Å². The molecule has 0 saturated carbocycles. The molecule has 0 amide bonds. The third-order valence-corrected chi connectivity index (χ3v) is 4.81. The van der Waals surface area contributed by atoms with Crippen LogP contribution in [0.2, 0.25) is 0 Å². The molecule has 1 heterocycles. The van der Waals surface area contributed by atoms with E-state index < -0.39 is 28.2 Å².